The third-order valence-electron chi connectivity index (χ3n) is 5.76. The molecule has 0 aromatic heterocycles. The molecule has 1 saturated carbocycles. The second-order valence-corrected chi connectivity index (χ2v) is 8.22. The highest BCUT2D eigenvalue weighted by molar-refractivity contribution is 5.11. The van der Waals surface area contributed by atoms with Crippen molar-refractivity contribution in [2.75, 3.05) is 13.2 Å². The van der Waals surface area contributed by atoms with Gasteiger partial charge in [0.1, 0.15) is 18.3 Å². The summed E-state index contributed by atoms with van der Waals surface area (Å²) in [5.74, 6) is -0.880. The Labute approximate surface area is 185 Å². The van der Waals surface area contributed by atoms with E-state index in [1.54, 1.807) is 0 Å². The molecule has 16 N–H and O–H groups in total. The van der Waals surface area contributed by atoms with E-state index in [4.69, 9.17) is 48.0 Å². The first-order valence-electron chi connectivity index (χ1n) is 10.5. The van der Waals surface area contributed by atoms with Crippen LogP contribution in [-0.4, -0.2) is 111 Å². The Morgan fingerprint density at radius 1 is 1.03 bits per heavy atom. The molecule has 1 aliphatic heterocycles. The van der Waals surface area contributed by atoms with Gasteiger partial charge in [-0.05, 0) is 12.8 Å². The van der Waals surface area contributed by atoms with Crippen LogP contribution in [-0.2, 0) is 14.2 Å². The minimum atomic E-state index is -2.02. The van der Waals surface area contributed by atoms with Gasteiger partial charge in [-0.2, -0.15) is 0 Å². The second kappa shape index (κ2) is 11.8. The van der Waals surface area contributed by atoms with E-state index < -0.39 is 85.4 Å². The van der Waals surface area contributed by atoms with Crippen molar-refractivity contribution in [2.45, 2.75) is 86.6 Å². The Kier molecular flexibility index (Phi) is 10.0. The molecule has 2 rings (SSSR count). The van der Waals surface area contributed by atoms with Gasteiger partial charge in [0.15, 0.2) is 12.0 Å². The lowest BCUT2D eigenvalue weighted by Gasteiger charge is -2.45. The Hall–Kier alpha value is -1.14. The number of hydrogen-bond acceptors (Lipinski definition) is 14. The minimum absolute atomic E-state index is 0.0327. The van der Waals surface area contributed by atoms with Crippen LogP contribution < -0.4 is 28.7 Å². The first-order valence-corrected chi connectivity index (χ1v) is 10.5. The van der Waals surface area contributed by atoms with Gasteiger partial charge in [0.2, 0.25) is 6.29 Å². The smallest absolute Gasteiger partial charge is 0.216 e. The molecule has 1 saturated heterocycles. The lowest BCUT2D eigenvalue weighted by Crippen LogP contribution is -2.65. The van der Waals surface area contributed by atoms with Crippen LogP contribution in [0.3, 0.4) is 0 Å². The van der Waals surface area contributed by atoms with Crippen molar-refractivity contribution in [1.29, 1.82) is 0 Å². The molecule has 2 fully saturated rings. The zero-order chi connectivity index (χ0) is 24.2. The van der Waals surface area contributed by atoms with Crippen molar-refractivity contribution in [3.05, 3.63) is 11.5 Å². The van der Waals surface area contributed by atoms with E-state index in [0.717, 1.165) is 0 Å². The lowest BCUT2D eigenvalue weighted by atomic mass is 9.84. The molecule has 188 valence electrons. The lowest BCUT2D eigenvalue weighted by molar-refractivity contribution is -0.277. The van der Waals surface area contributed by atoms with Crippen LogP contribution in [0.4, 0.5) is 0 Å². The average Bonchev–Trinajstić information content (AvgIpc) is 2.74. The predicted molar refractivity (Wildman–Crippen MR) is 110 cm³/mol. The first kappa shape index (κ1) is 27.1. The van der Waals surface area contributed by atoms with Crippen LogP contribution in [0.25, 0.3) is 0 Å². The zero-order valence-electron chi connectivity index (χ0n) is 17.7. The monoisotopic (exact) mass is 467 g/mol. The zero-order valence-corrected chi connectivity index (χ0v) is 17.7. The largest absolute Gasteiger partial charge is 0.506 e. The van der Waals surface area contributed by atoms with Gasteiger partial charge in [0.05, 0.1) is 30.1 Å². The van der Waals surface area contributed by atoms with Crippen molar-refractivity contribution in [1.82, 2.24) is 0 Å². The third kappa shape index (κ3) is 6.25. The highest BCUT2D eigenvalue weighted by Gasteiger charge is 2.47. The molecule has 2 aliphatic rings. The van der Waals surface area contributed by atoms with Crippen LogP contribution in [0.15, 0.2) is 11.5 Å². The molecule has 0 aromatic carbocycles. The van der Waals surface area contributed by atoms with Crippen molar-refractivity contribution in [3.8, 4) is 0 Å². The number of rotatable bonds is 9. The molecule has 14 nitrogen and oxygen atoms in total. The maximum Gasteiger partial charge on any atom is 0.216 e. The van der Waals surface area contributed by atoms with E-state index >= 15 is 0 Å². The van der Waals surface area contributed by atoms with Gasteiger partial charge in [0.25, 0.3) is 0 Å². The summed E-state index contributed by atoms with van der Waals surface area (Å²) in [4.78, 5) is 0. The van der Waals surface area contributed by atoms with E-state index in [9.17, 15) is 25.5 Å². The van der Waals surface area contributed by atoms with E-state index in [1.165, 1.54) is 0 Å². The van der Waals surface area contributed by atoms with Gasteiger partial charge in [0, 0.05) is 31.7 Å². The summed E-state index contributed by atoms with van der Waals surface area (Å²) in [6.07, 6.45) is -9.67. The molecular weight excluding hydrogens is 430 g/mol. The van der Waals surface area contributed by atoms with Crippen LogP contribution in [0.2, 0.25) is 0 Å². The molecule has 1 aliphatic carbocycles. The van der Waals surface area contributed by atoms with E-state index in [2.05, 4.69) is 0 Å². The fourth-order valence-corrected chi connectivity index (χ4v) is 3.85. The predicted octanol–water partition coefficient (Wildman–Crippen LogP) is -5.27. The Bertz CT molecular complexity index is 630. The first-order chi connectivity index (χ1) is 15.0. The summed E-state index contributed by atoms with van der Waals surface area (Å²) in [5, 5.41) is 59.7. The third-order valence-corrected chi connectivity index (χ3v) is 5.76. The molecule has 1 heterocycles. The van der Waals surface area contributed by atoms with Crippen LogP contribution in [0.5, 0.6) is 0 Å². The minimum Gasteiger partial charge on any atom is -0.506 e. The summed E-state index contributed by atoms with van der Waals surface area (Å²) in [6.45, 7) is -0.367. The molecule has 0 aromatic rings. The number of hydrogen-bond donors (Lipinski definition) is 11. The molecule has 0 radical (unpaired) electrons. The molecule has 0 spiro atoms. The van der Waals surface area contributed by atoms with Gasteiger partial charge in [-0.25, -0.2) is 0 Å². The fraction of sp³-hybridized carbons (Fsp3) is 0.889. The topological polar surface area (TPSA) is 279 Å². The highest BCUT2D eigenvalue weighted by atomic mass is 16.7. The van der Waals surface area contributed by atoms with Crippen LogP contribution >= 0.6 is 0 Å². The quantitative estimate of drug-likeness (QED) is 0.112. The average molecular weight is 468 g/mol. The fourth-order valence-electron chi connectivity index (χ4n) is 3.85. The van der Waals surface area contributed by atoms with Crippen molar-refractivity contribution >= 4 is 0 Å². The second-order valence-electron chi connectivity index (χ2n) is 8.22. The van der Waals surface area contributed by atoms with Crippen molar-refractivity contribution < 1.29 is 44.8 Å². The van der Waals surface area contributed by atoms with Gasteiger partial charge in [-0.1, -0.05) is 0 Å². The number of aliphatic hydroxyl groups excluding tert-OH is 6. The summed E-state index contributed by atoms with van der Waals surface area (Å²) in [7, 11) is 0. The summed E-state index contributed by atoms with van der Waals surface area (Å²) >= 11 is 0. The van der Waals surface area contributed by atoms with Gasteiger partial charge in [-0.15, -0.1) is 0 Å². The van der Waals surface area contributed by atoms with Crippen molar-refractivity contribution in [2.24, 2.45) is 28.7 Å². The van der Waals surface area contributed by atoms with Crippen LogP contribution in [0.1, 0.15) is 19.3 Å². The van der Waals surface area contributed by atoms with Gasteiger partial charge >= 0.3 is 0 Å². The highest BCUT2D eigenvalue weighted by Crippen LogP contribution is 2.29. The Balaban J connectivity index is 2.11. The van der Waals surface area contributed by atoms with Crippen LogP contribution in [0, 0.1) is 0 Å². The van der Waals surface area contributed by atoms with E-state index in [1.807, 2.05) is 0 Å². The summed E-state index contributed by atoms with van der Waals surface area (Å²) in [5.41, 5.74) is 28.8. The van der Waals surface area contributed by atoms with Gasteiger partial charge < -0.3 is 73.5 Å². The summed E-state index contributed by atoms with van der Waals surface area (Å²) < 4.78 is 16.7. The van der Waals surface area contributed by atoms with Crippen molar-refractivity contribution in [3.63, 3.8) is 0 Å². The Morgan fingerprint density at radius 2 is 1.66 bits per heavy atom. The molecule has 11 unspecified atom stereocenters. The SMILES string of the molecule is NCC1OC(OC2C(N)CC(N)C(OC(O)/C(O)=C(\N)C(O)CCO)C2O)C(N)CC1O. The van der Waals surface area contributed by atoms with Gasteiger partial charge in [-0.3, -0.25) is 0 Å². The maximum absolute atomic E-state index is 10.8. The number of aliphatic hydroxyl groups is 6. The molecular formula is C18H37N5O9. The van der Waals surface area contributed by atoms with E-state index in [-0.39, 0.29) is 25.8 Å². The molecule has 0 amide bonds. The normalized spacial score (nSPS) is 41.1. The molecule has 0 bridgehead atoms. The molecule has 32 heavy (non-hydrogen) atoms. The summed E-state index contributed by atoms with van der Waals surface area (Å²) in [6, 6.07) is -2.30. The maximum atomic E-state index is 10.8. The standard InChI is InChI=1S/C18H37N5O9/c19-5-11-10(26)4-8(22)18(30-11)32-16-7(21)3-6(20)15(14(16)28)31-17(29)13(27)12(23)9(25)1-2-24/h6-11,14-18,24-29H,1-5,19-23H2/b13-12+. The number of nitrogens with two attached hydrogens (primary N) is 5. The van der Waals surface area contributed by atoms with E-state index in [0.29, 0.717) is 0 Å². The molecule has 11 atom stereocenters. The molecule has 14 heteroatoms. The number of ether oxygens (including phenoxy) is 3. The Morgan fingerprint density at radius 3 is 2.25 bits per heavy atom.